The second-order valence-electron chi connectivity index (χ2n) is 4.44. The van der Waals surface area contributed by atoms with E-state index < -0.39 is 0 Å². The zero-order valence-corrected chi connectivity index (χ0v) is 9.62. The van der Waals surface area contributed by atoms with Gasteiger partial charge in [-0.05, 0) is 61.8 Å². The topological polar surface area (TPSA) is 9.23 Å². The van der Waals surface area contributed by atoms with Crippen molar-refractivity contribution in [1.29, 1.82) is 0 Å². The Balaban J connectivity index is 2.30. The zero-order chi connectivity index (χ0) is 10.8. The summed E-state index contributed by atoms with van der Waals surface area (Å²) in [6.07, 6.45) is 2.67. The molecule has 0 saturated heterocycles. The van der Waals surface area contributed by atoms with Crippen molar-refractivity contribution in [2.24, 2.45) is 0 Å². The second-order valence-corrected chi connectivity index (χ2v) is 4.44. The van der Waals surface area contributed by atoms with Crippen LogP contribution in [0, 0.1) is 6.92 Å². The van der Waals surface area contributed by atoms with Gasteiger partial charge in [-0.25, -0.2) is 0 Å². The molecule has 1 aliphatic rings. The van der Waals surface area contributed by atoms with Crippen molar-refractivity contribution in [3.8, 4) is 5.75 Å². The van der Waals surface area contributed by atoms with E-state index in [2.05, 4.69) is 32.0 Å². The molecule has 1 unspecified atom stereocenters. The highest BCUT2D eigenvalue weighted by Gasteiger charge is 2.24. The van der Waals surface area contributed by atoms with E-state index in [0.717, 1.165) is 18.3 Å². The zero-order valence-electron chi connectivity index (χ0n) is 9.62. The average Bonchev–Trinajstić information content (AvgIpc) is 3.01. The van der Waals surface area contributed by atoms with Crippen LogP contribution < -0.4 is 4.74 Å². The molecular weight excluding hydrogens is 184 g/mol. The number of benzene rings is 1. The second kappa shape index (κ2) is 4.26. The van der Waals surface area contributed by atoms with Gasteiger partial charge in [-0.3, -0.25) is 0 Å². The monoisotopic (exact) mass is 203 g/mol. The minimum absolute atomic E-state index is 0.336. The molecule has 0 N–H and O–H groups in total. The summed E-state index contributed by atoms with van der Waals surface area (Å²) in [5, 5.41) is 0. The molecule has 0 aliphatic heterocycles. The third kappa shape index (κ3) is 2.53. The van der Waals surface area contributed by atoms with E-state index in [-0.39, 0.29) is 0 Å². The van der Waals surface area contributed by atoms with Gasteiger partial charge in [0.25, 0.3) is 0 Å². The average molecular weight is 203 g/mol. The summed E-state index contributed by atoms with van der Waals surface area (Å²) < 4.78 is 5.59. The third-order valence-corrected chi connectivity index (χ3v) is 2.88. The Morgan fingerprint density at radius 1 is 1.40 bits per heavy atom. The molecule has 1 aromatic rings. The molecule has 0 aromatic heterocycles. The maximum Gasteiger partial charge on any atom is 0.119 e. The van der Waals surface area contributed by atoms with Crippen molar-refractivity contribution in [3.05, 3.63) is 36.2 Å². The van der Waals surface area contributed by atoms with E-state index in [4.69, 9.17) is 4.74 Å². The van der Waals surface area contributed by atoms with Crippen LogP contribution in [-0.4, -0.2) is 6.61 Å². The van der Waals surface area contributed by atoms with Gasteiger partial charge in [0.1, 0.15) is 5.75 Å². The molecular formula is C14H19O. The van der Waals surface area contributed by atoms with Crippen LogP contribution in [0.1, 0.15) is 49.7 Å². The first kappa shape index (κ1) is 10.5. The highest BCUT2D eigenvalue weighted by atomic mass is 16.5. The molecule has 0 spiro atoms. The molecule has 1 atom stereocenters. The van der Waals surface area contributed by atoms with Crippen LogP contribution in [0.3, 0.4) is 0 Å². The van der Waals surface area contributed by atoms with Gasteiger partial charge in [0.15, 0.2) is 0 Å². The van der Waals surface area contributed by atoms with E-state index in [1.165, 1.54) is 24.0 Å². The highest BCUT2D eigenvalue weighted by molar-refractivity contribution is 5.39. The lowest BCUT2D eigenvalue weighted by atomic mass is 9.98. The Labute approximate surface area is 92.5 Å². The standard InChI is InChI=1S/C14H19O/c1-4-15-14-8-12(10(2)3)7-13(9-14)11-5-6-11/h7-11H,2,4-6H2,1,3H3. The molecule has 0 bridgehead atoms. The highest BCUT2D eigenvalue weighted by Crippen LogP contribution is 2.42. The molecule has 1 fully saturated rings. The summed E-state index contributed by atoms with van der Waals surface area (Å²) in [5.41, 5.74) is 2.73. The summed E-state index contributed by atoms with van der Waals surface area (Å²) >= 11 is 0. The van der Waals surface area contributed by atoms with Crippen molar-refractivity contribution in [3.63, 3.8) is 0 Å². The molecule has 1 radical (unpaired) electrons. The maximum atomic E-state index is 5.59. The van der Waals surface area contributed by atoms with Crippen molar-refractivity contribution < 1.29 is 4.74 Å². The van der Waals surface area contributed by atoms with Gasteiger partial charge in [-0.15, -0.1) is 0 Å². The first-order valence-corrected chi connectivity index (χ1v) is 5.81. The van der Waals surface area contributed by atoms with Gasteiger partial charge in [-0.2, -0.15) is 0 Å². The maximum absolute atomic E-state index is 5.59. The SMILES string of the molecule is [CH2]C(C)c1cc(OCC)cc(C2CC2)c1. The minimum atomic E-state index is 0.336. The minimum Gasteiger partial charge on any atom is -0.494 e. The Bertz CT molecular complexity index is 317. The summed E-state index contributed by atoms with van der Waals surface area (Å²) in [6.45, 7) is 8.96. The molecule has 15 heavy (non-hydrogen) atoms. The fourth-order valence-corrected chi connectivity index (χ4v) is 1.83. The predicted octanol–water partition coefficient (Wildman–Crippen LogP) is 3.90. The number of ether oxygens (including phenoxy) is 1. The van der Waals surface area contributed by atoms with Crippen molar-refractivity contribution in [2.45, 2.75) is 38.5 Å². The van der Waals surface area contributed by atoms with Gasteiger partial charge >= 0.3 is 0 Å². The first-order chi connectivity index (χ1) is 7.20. The molecule has 1 heteroatoms. The van der Waals surface area contributed by atoms with Gasteiger partial charge in [-0.1, -0.05) is 13.0 Å². The molecule has 0 heterocycles. The molecule has 1 saturated carbocycles. The Hall–Kier alpha value is -0.980. The smallest absolute Gasteiger partial charge is 0.119 e. The lowest BCUT2D eigenvalue weighted by Gasteiger charge is -2.12. The van der Waals surface area contributed by atoms with E-state index in [9.17, 15) is 0 Å². The van der Waals surface area contributed by atoms with Crippen LogP contribution in [0.4, 0.5) is 0 Å². The Morgan fingerprint density at radius 3 is 2.67 bits per heavy atom. The van der Waals surface area contributed by atoms with Crippen molar-refractivity contribution in [2.75, 3.05) is 6.61 Å². The van der Waals surface area contributed by atoms with Crippen molar-refractivity contribution >= 4 is 0 Å². The van der Waals surface area contributed by atoms with E-state index >= 15 is 0 Å². The Morgan fingerprint density at radius 2 is 2.13 bits per heavy atom. The summed E-state index contributed by atoms with van der Waals surface area (Å²) in [6, 6.07) is 6.60. The van der Waals surface area contributed by atoms with Gasteiger partial charge in [0.2, 0.25) is 0 Å². The Kier molecular flexibility index (Phi) is 2.99. The third-order valence-electron chi connectivity index (χ3n) is 2.88. The van der Waals surface area contributed by atoms with E-state index in [1.807, 2.05) is 6.92 Å². The summed E-state index contributed by atoms with van der Waals surface area (Å²) in [7, 11) is 0. The van der Waals surface area contributed by atoms with Crippen LogP contribution in [0.15, 0.2) is 18.2 Å². The largest absolute Gasteiger partial charge is 0.494 e. The quantitative estimate of drug-likeness (QED) is 0.721. The lowest BCUT2D eigenvalue weighted by Crippen LogP contribution is -1.96. The summed E-state index contributed by atoms with van der Waals surface area (Å²) in [5.74, 6) is 2.12. The fourth-order valence-electron chi connectivity index (χ4n) is 1.83. The van der Waals surface area contributed by atoms with Crippen molar-refractivity contribution in [1.82, 2.24) is 0 Å². The normalized spacial score (nSPS) is 15.7. The first-order valence-electron chi connectivity index (χ1n) is 5.81. The van der Waals surface area contributed by atoms with Crippen LogP contribution in [0.25, 0.3) is 0 Å². The van der Waals surface area contributed by atoms with Gasteiger partial charge < -0.3 is 4.74 Å². The molecule has 1 aromatic carbocycles. The van der Waals surface area contributed by atoms with Crippen LogP contribution in [0.2, 0.25) is 0 Å². The summed E-state index contributed by atoms with van der Waals surface area (Å²) in [4.78, 5) is 0. The van der Waals surface area contributed by atoms with Crippen LogP contribution in [0.5, 0.6) is 5.75 Å². The molecule has 1 nitrogen and oxygen atoms in total. The fraction of sp³-hybridized carbons (Fsp3) is 0.500. The number of hydrogen-bond donors (Lipinski definition) is 0. The molecule has 1 aliphatic carbocycles. The van der Waals surface area contributed by atoms with Crippen LogP contribution >= 0.6 is 0 Å². The molecule has 2 rings (SSSR count). The number of rotatable bonds is 4. The van der Waals surface area contributed by atoms with Crippen LogP contribution in [-0.2, 0) is 0 Å². The van der Waals surface area contributed by atoms with E-state index in [1.54, 1.807) is 0 Å². The van der Waals surface area contributed by atoms with Gasteiger partial charge in [0, 0.05) is 0 Å². The molecule has 81 valence electrons. The van der Waals surface area contributed by atoms with Gasteiger partial charge in [0.05, 0.1) is 6.61 Å². The lowest BCUT2D eigenvalue weighted by molar-refractivity contribution is 0.339. The number of hydrogen-bond acceptors (Lipinski definition) is 1. The predicted molar refractivity (Wildman–Crippen MR) is 63.4 cm³/mol. The van der Waals surface area contributed by atoms with E-state index in [0.29, 0.717) is 5.92 Å². The molecule has 0 amide bonds.